The predicted molar refractivity (Wildman–Crippen MR) is 41.0 cm³/mol. The molecule has 0 radical (unpaired) electrons. The Kier molecular flexibility index (Phi) is 3.32. The lowest BCUT2D eigenvalue weighted by Crippen LogP contribution is -2.38. The van der Waals surface area contributed by atoms with Crippen LogP contribution in [0.3, 0.4) is 0 Å². The molecule has 0 bridgehead atoms. The van der Waals surface area contributed by atoms with Crippen molar-refractivity contribution in [2.45, 2.75) is 26.4 Å². The molecule has 0 aromatic heterocycles. The summed E-state index contributed by atoms with van der Waals surface area (Å²) in [6, 6.07) is 0. The molecule has 1 unspecified atom stereocenters. The van der Waals surface area contributed by atoms with Gasteiger partial charge < -0.3 is 15.6 Å². The molecule has 1 atom stereocenters. The van der Waals surface area contributed by atoms with Crippen LogP contribution in [0.4, 0.5) is 4.79 Å². The van der Waals surface area contributed by atoms with Crippen molar-refractivity contribution < 1.29 is 14.6 Å². The highest BCUT2D eigenvalue weighted by Gasteiger charge is 2.26. The van der Waals surface area contributed by atoms with Gasteiger partial charge in [-0.05, 0) is 12.8 Å². The lowest BCUT2D eigenvalue weighted by atomic mass is 9.94. The minimum Gasteiger partial charge on any atom is -0.447 e. The Balaban J connectivity index is 3.82. The normalized spacial score (nSPS) is 16.1. The van der Waals surface area contributed by atoms with Crippen molar-refractivity contribution in [3.8, 4) is 0 Å². The summed E-state index contributed by atoms with van der Waals surface area (Å²) in [5.41, 5.74) is 3.74. The number of ether oxygens (including phenoxy) is 1. The standard InChI is InChI=1S/C7H15NO3/c1-5(2)7(3,10)4-11-6(8)9/h5,10H,4H2,1-3H3,(H2,8,9). The molecule has 0 spiro atoms. The van der Waals surface area contributed by atoms with Crippen LogP contribution in [0.2, 0.25) is 0 Å². The third-order valence-corrected chi connectivity index (χ3v) is 1.75. The number of rotatable bonds is 3. The number of carbonyl (C=O) groups excluding carboxylic acids is 1. The third kappa shape index (κ3) is 3.83. The molecule has 4 nitrogen and oxygen atoms in total. The molecule has 3 N–H and O–H groups in total. The molecular weight excluding hydrogens is 146 g/mol. The van der Waals surface area contributed by atoms with Crippen LogP contribution >= 0.6 is 0 Å². The van der Waals surface area contributed by atoms with Gasteiger partial charge in [-0.2, -0.15) is 0 Å². The second kappa shape index (κ2) is 3.57. The molecule has 0 saturated heterocycles. The zero-order valence-corrected chi connectivity index (χ0v) is 7.13. The lowest BCUT2D eigenvalue weighted by molar-refractivity contribution is -0.0391. The van der Waals surface area contributed by atoms with E-state index in [0.29, 0.717) is 0 Å². The summed E-state index contributed by atoms with van der Waals surface area (Å²) >= 11 is 0. The molecule has 0 heterocycles. The zero-order valence-electron chi connectivity index (χ0n) is 7.13. The minimum absolute atomic E-state index is 0.0295. The maximum absolute atomic E-state index is 10.2. The Morgan fingerprint density at radius 2 is 2.18 bits per heavy atom. The molecule has 1 amide bonds. The summed E-state index contributed by atoms with van der Waals surface area (Å²) in [6.45, 7) is 5.22. The van der Waals surface area contributed by atoms with Crippen LogP contribution in [0.1, 0.15) is 20.8 Å². The number of amides is 1. The van der Waals surface area contributed by atoms with Gasteiger partial charge in [0, 0.05) is 0 Å². The van der Waals surface area contributed by atoms with Crippen LogP contribution in [-0.4, -0.2) is 23.4 Å². The van der Waals surface area contributed by atoms with Gasteiger partial charge in [0.25, 0.3) is 0 Å². The minimum atomic E-state index is -0.991. The Labute approximate surface area is 66.3 Å². The van der Waals surface area contributed by atoms with Gasteiger partial charge in [-0.1, -0.05) is 13.8 Å². The summed E-state index contributed by atoms with van der Waals surface area (Å²) in [7, 11) is 0. The highest BCUT2D eigenvalue weighted by atomic mass is 16.6. The van der Waals surface area contributed by atoms with Gasteiger partial charge in [0.15, 0.2) is 0 Å². The fourth-order valence-corrected chi connectivity index (χ4v) is 0.384. The summed E-state index contributed by atoms with van der Waals surface area (Å²) in [4.78, 5) is 10.2. The van der Waals surface area contributed by atoms with Gasteiger partial charge >= 0.3 is 6.09 Å². The van der Waals surface area contributed by atoms with Crippen LogP contribution in [0.25, 0.3) is 0 Å². The summed E-state index contributed by atoms with van der Waals surface area (Å²) in [5, 5.41) is 9.51. The molecule has 0 rings (SSSR count). The second-order valence-electron chi connectivity index (χ2n) is 3.12. The Hall–Kier alpha value is -0.770. The first-order valence-corrected chi connectivity index (χ1v) is 3.51. The van der Waals surface area contributed by atoms with E-state index in [9.17, 15) is 9.90 Å². The molecule has 0 fully saturated rings. The van der Waals surface area contributed by atoms with E-state index < -0.39 is 11.7 Å². The van der Waals surface area contributed by atoms with Crippen LogP contribution in [0.5, 0.6) is 0 Å². The van der Waals surface area contributed by atoms with Crippen LogP contribution in [0, 0.1) is 5.92 Å². The molecule has 0 aromatic rings. The molecule has 0 aliphatic rings. The predicted octanol–water partition coefficient (Wildman–Crippen LogP) is 0.489. The maximum Gasteiger partial charge on any atom is 0.404 e. The third-order valence-electron chi connectivity index (χ3n) is 1.75. The van der Waals surface area contributed by atoms with Gasteiger partial charge in [-0.3, -0.25) is 0 Å². The average Bonchev–Trinajstić information content (AvgIpc) is 1.84. The molecular formula is C7H15NO3. The number of hydrogen-bond acceptors (Lipinski definition) is 3. The smallest absolute Gasteiger partial charge is 0.404 e. The van der Waals surface area contributed by atoms with Gasteiger partial charge in [0.2, 0.25) is 0 Å². The maximum atomic E-state index is 10.2. The molecule has 4 heteroatoms. The number of carbonyl (C=O) groups is 1. The van der Waals surface area contributed by atoms with Crippen molar-refractivity contribution in [3.63, 3.8) is 0 Å². The molecule has 0 aliphatic carbocycles. The van der Waals surface area contributed by atoms with Gasteiger partial charge in [0.05, 0.1) is 5.60 Å². The van der Waals surface area contributed by atoms with E-state index >= 15 is 0 Å². The van der Waals surface area contributed by atoms with E-state index in [1.54, 1.807) is 6.92 Å². The van der Waals surface area contributed by atoms with E-state index in [1.165, 1.54) is 0 Å². The number of hydrogen-bond donors (Lipinski definition) is 2. The van der Waals surface area contributed by atoms with Crippen molar-refractivity contribution in [1.82, 2.24) is 0 Å². The summed E-state index contributed by atoms with van der Waals surface area (Å²) in [5.74, 6) is 0.0295. The molecule has 11 heavy (non-hydrogen) atoms. The van der Waals surface area contributed by atoms with Gasteiger partial charge in [-0.25, -0.2) is 4.79 Å². The quantitative estimate of drug-likeness (QED) is 0.632. The largest absolute Gasteiger partial charge is 0.447 e. The van der Waals surface area contributed by atoms with Gasteiger partial charge in [-0.15, -0.1) is 0 Å². The van der Waals surface area contributed by atoms with Crippen LogP contribution < -0.4 is 5.73 Å². The molecule has 0 aliphatic heterocycles. The number of primary amides is 1. The van der Waals surface area contributed by atoms with E-state index in [4.69, 9.17) is 5.73 Å². The van der Waals surface area contributed by atoms with Gasteiger partial charge in [0.1, 0.15) is 6.61 Å². The first-order chi connectivity index (χ1) is 4.86. The van der Waals surface area contributed by atoms with Crippen molar-refractivity contribution in [1.29, 1.82) is 0 Å². The highest BCUT2D eigenvalue weighted by molar-refractivity contribution is 5.64. The Morgan fingerprint density at radius 1 is 1.73 bits per heavy atom. The SMILES string of the molecule is CC(C)C(C)(O)COC(N)=O. The Bertz CT molecular complexity index is 143. The topological polar surface area (TPSA) is 72.6 Å². The van der Waals surface area contributed by atoms with E-state index in [2.05, 4.69) is 4.74 Å². The van der Waals surface area contributed by atoms with Crippen molar-refractivity contribution in [2.24, 2.45) is 11.7 Å². The monoisotopic (exact) mass is 161 g/mol. The highest BCUT2D eigenvalue weighted by Crippen LogP contribution is 2.15. The first kappa shape index (κ1) is 10.2. The molecule has 66 valence electrons. The average molecular weight is 161 g/mol. The number of aliphatic hydroxyl groups is 1. The molecule has 0 saturated carbocycles. The molecule has 0 aromatic carbocycles. The van der Waals surface area contributed by atoms with Crippen LogP contribution in [0.15, 0.2) is 0 Å². The zero-order chi connectivity index (χ0) is 9.07. The van der Waals surface area contributed by atoms with Crippen LogP contribution in [-0.2, 0) is 4.74 Å². The van der Waals surface area contributed by atoms with E-state index in [-0.39, 0.29) is 12.5 Å². The lowest BCUT2D eigenvalue weighted by Gasteiger charge is -2.26. The fraction of sp³-hybridized carbons (Fsp3) is 0.857. The van der Waals surface area contributed by atoms with Crippen molar-refractivity contribution >= 4 is 6.09 Å². The Morgan fingerprint density at radius 3 is 2.45 bits per heavy atom. The van der Waals surface area contributed by atoms with E-state index in [1.807, 2.05) is 13.8 Å². The fourth-order valence-electron chi connectivity index (χ4n) is 0.384. The summed E-state index contributed by atoms with van der Waals surface area (Å²) < 4.78 is 4.46. The van der Waals surface area contributed by atoms with E-state index in [0.717, 1.165) is 0 Å². The second-order valence-corrected chi connectivity index (χ2v) is 3.12. The van der Waals surface area contributed by atoms with Crippen molar-refractivity contribution in [2.75, 3.05) is 6.61 Å². The van der Waals surface area contributed by atoms with Crippen molar-refractivity contribution in [3.05, 3.63) is 0 Å². The summed E-state index contributed by atoms with van der Waals surface area (Å²) in [6.07, 6.45) is -0.856. The number of nitrogens with two attached hydrogens (primary N) is 1. The first-order valence-electron chi connectivity index (χ1n) is 3.51.